The summed E-state index contributed by atoms with van der Waals surface area (Å²) in [6.45, 7) is 5.51. The molecule has 5 nitrogen and oxygen atoms in total. The Bertz CT molecular complexity index is 553. The van der Waals surface area contributed by atoms with Crippen LogP contribution in [0.1, 0.15) is 24.1 Å². The lowest BCUT2D eigenvalue weighted by atomic mass is 10.2. The van der Waals surface area contributed by atoms with Gasteiger partial charge in [-0.15, -0.1) is 11.8 Å². The largest absolute Gasteiger partial charge is 0.379 e. The number of ether oxygens (including phenoxy) is 1. The molecule has 2 heterocycles. The van der Waals surface area contributed by atoms with Crippen LogP contribution in [0.4, 0.5) is 0 Å². The fraction of sp³-hybridized carbons (Fsp3) is 0.733. The van der Waals surface area contributed by atoms with E-state index in [4.69, 9.17) is 4.74 Å². The number of hydrogen-bond acceptors (Lipinski definition) is 5. The van der Waals surface area contributed by atoms with Crippen molar-refractivity contribution in [2.24, 2.45) is 0 Å². The van der Waals surface area contributed by atoms with E-state index >= 15 is 0 Å². The predicted molar refractivity (Wildman–Crippen MR) is 84.2 cm³/mol. The lowest BCUT2D eigenvalue weighted by Crippen LogP contribution is -2.37. The average Bonchev–Trinajstić information content (AvgIpc) is 2.99. The Morgan fingerprint density at radius 1 is 1.24 bits per heavy atom. The first-order valence-electron chi connectivity index (χ1n) is 7.76. The lowest BCUT2D eigenvalue weighted by molar-refractivity contribution is 0.0368. The van der Waals surface area contributed by atoms with Crippen molar-refractivity contribution in [3.8, 4) is 0 Å². The van der Waals surface area contributed by atoms with Gasteiger partial charge >= 0.3 is 5.69 Å². The van der Waals surface area contributed by atoms with E-state index in [-0.39, 0.29) is 5.69 Å². The topological polar surface area (TPSA) is 47.4 Å². The first-order chi connectivity index (χ1) is 10.3. The van der Waals surface area contributed by atoms with Crippen LogP contribution in [-0.4, -0.2) is 53.6 Å². The van der Waals surface area contributed by atoms with Gasteiger partial charge in [0.2, 0.25) is 0 Å². The molecule has 0 spiro atoms. The van der Waals surface area contributed by atoms with Crippen LogP contribution in [0.25, 0.3) is 0 Å². The Labute approximate surface area is 129 Å². The van der Waals surface area contributed by atoms with Crippen molar-refractivity contribution in [1.82, 2.24) is 14.5 Å². The van der Waals surface area contributed by atoms with Crippen LogP contribution in [0.2, 0.25) is 0 Å². The third-order valence-electron chi connectivity index (χ3n) is 4.35. The number of morpholine rings is 1. The zero-order chi connectivity index (χ0) is 14.7. The highest BCUT2D eigenvalue weighted by molar-refractivity contribution is 7.98. The van der Waals surface area contributed by atoms with E-state index < -0.39 is 0 Å². The second-order valence-electron chi connectivity index (χ2n) is 5.64. The molecule has 1 aromatic rings. The maximum atomic E-state index is 12.2. The quantitative estimate of drug-likeness (QED) is 0.604. The van der Waals surface area contributed by atoms with Crippen molar-refractivity contribution in [2.45, 2.75) is 37.3 Å². The SMILES string of the molecule is CSc1nc(=O)n(CCCN2CCOCC2)c2c1CCC2. The minimum atomic E-state index is -0.0676. The van der Waals surface area contributed by atoms with Crippen molar-refractivity contribution in [3.05, 3.63) is 21.7 Å². The third-order valence-corrected chi connectivity index (χ3v) is 5.08. The second-order valence-corrected chi connectivity index (χ2v) is 6.44. The van der Waals surface area contributed by atoms with Crippen molar-refractivity contribution in [3.63, 3.8) is 0 Å². The first-order valence-corrected chi connectivity index (χ1v) is 8.99. The van der Waals surface area contributed by atoms with Crippen molar-refractivity contribution < 1.29 is 4.74 Å². The van der Waals surface area contributed by atoms with Gasteiger partial charge in [-0.05, 0) is 31.9 Å². The summed E-state index contributed by atoms with van der Waals surface area (Å²) >= 11 is 1.60. The van der Waals surface area contributed by atoms with Gasteiger partial charge in [0, 0.05) is 37.4 Å². The maximum absolute atomic E-state index is 12.2. The molecule has 0 saturated carbocycles. The van der Waals surface area contributed by atoms with Crippen LogP contribution in [0.3, 0.4) is 0 Å². The molecule has 0 unspecified atom stereocenters. The Morgan fingerprint density at radius 2 is 2.05 bits per heavy atom. The molecule has 1 saturated heterocycles. The summed E-state index contributed by atoms with van der Waals surface area (Å²) < 4.78 is 7.28. The molecule has 2 aliphatic rings. The van der Waals surface area contributed by atoms with Gasteiger partial charge in [0.25, 0.3) is 0 Å². The number of thioether (sulfide) groups is 1. The van der Waals surface area contributed by atoms with Gasteiger partial charge in [-0.1, -0.05) is 0 Å². The molecule has 0 radical (unpaired) electrons. The maximum Gasteiger partial charge on any atom is 0.348 e. The minimum Gasteiger partial charge on any atom is -0.379 e. The van der Waals surface area contributed by atoms with Gasteiger partial charge in [0.05, 0.1) is 13.2 Å². The molecule has 1 fully saturated rings. The number of rotatable bonds is 5. The van der Waals surface area contributed by atoms with Crippen LogP contribution in [-0.2, 0) is 24.1 Å². The highest BCUT2D eigenvalue weighted by atomic mass is 32.2. The molecule has 0 atom stereocenters. The van der Waals surface area contributed by atoms with Crippen LogP contribution < -0.4 is 5.69 Å². The van der Waals surface area contributed by atoms with Gasteiger partial charge in [0.1, 0.15) is 5.03 Å². The molecule has 3 rings (SSSR count). The normalized spacial score (nSPS) is 18.9. The highest BCUT2D eigenvalue weighted by Gasteiger charge is 2.21. The number of nitrogens with zero attached hydrogens (tertiary/aromatic N) is 3. The minimum absolute atomic E-state index is 0.0676. The van der Waals surface area contributed by atoms with Crippen LogP contribution >= 0.6 is 11.8 Å². The summed E-state index contributed by atoms with van der Waals surface area (Å²) in [4.78, 5) is 18.9. The van der Waals surface area contributed by atoms with E-state index in [0.717, 1.165) is 70.1 Å². The molecule has 21 heavy (non-hydrogen) atoms. The Balaban J connectivity index is 1.68. The molecular weight excluding hydrogens is 286 g/mol. The summed E-state index contributed by atoms with van der Waals surface area (Å²) in [7, 11) is 0. The van der Waals surface area contributed by atoms with E-state index in [1.807, 2.05) is 10.8 Å². The first kappa shape index (κ1) is 15.1. The van der Waals surface area contributed by atoms with Gasteiger partial charge in [0.15, 0.2) is 0 Å². The Hall–Kier alpha value is -0.850. The zero-order valence-corrected chi connectivity index (χ0v) is 13.5. The highest BCUT2D eigenvalue weighted by Crippen LogP contribution is 2.27. The second kappa shape index (κ2) is 6.94. The van der Waals surface area contributed by atoms with E-state index in [9.17, 15) is 4.79 Å². The molecule has 0 N–H and O–H groups in total. The predicted octanol–water partition coefficient (Wildman–Crippen LogP) is 1.18. The van der Waals surface area contributed by atoms with E-state index in [1.54, 1.807) is 11.8 Å². The summed E-state index contributed by atoms with van der Waals surface area (Å²) in [6.07, 6.45) is 6.26. The van der Waals surface area contributed by atoms with Crippen LogP contribution in [0.5, 0.6) is 0 Å². The summed E-state index contributed by atoms with van der Waals surface area (Å²) in [5.41, 5.74) is 2.48. The number of aromatic nitrogens is 2. The zero-order valence-electron chi connectivity index (χ0n) is 12.6. The molecule has 0 bridgehead atoms. The average molecular weight is 309 g/mol. The van der Waals surface area contributed by atoms with Gasteiger partial charge in [-0.3, -0.25) is 9.47 Å². The van der Waals surface area contributed by atoms with E-state index in [1.165, 1.54) is 11.3 Å². The molecule has 0 aromatic carbocycles. The summed E-state index contributed by atoms with van der Waals surface area (Å²) in [5.74, 6) is 0. The van der Waals surface area contributed by atoms with E-state index in [0.29, 0.717) is 0 Å². The van der Waals surface area contributed by atoms with Crippen LogP contribution in [0, 0.1) is 0 Å². The van der Waals surface area contributed by atoms with Gasteiger partial charge < -0.3 is 4.74 Å². The third kappa shape index (κ3) is 3.33. The standard InChI is InChI=1S/C15H23N3O2S/c1-21-14-12-4-2-5-13(12)18(15(19)16-14)7-3-6-17-8-10-20-11-9-17/h2-11H2,1H3. The van der Waals surface area contributed by atoms with Crippen LogP contribution in [0.15, 0.2) is 9.82 Å². The number of hydrogen-bond donors (Lipinski definition) is 0. The summed E-state index contributed by atoms with van der Waals surface area (Å²) in [6, 6.07) is 0. The molecule has 6 heteroatoms. The fourth-order valence-corrected chi connectivity index (χ4v) is 3.90. The lowest BCUT2D eigenvalue weighted by Gasteiger charge is -2.26. The summed E-state index contributed by atoms with van der Waals surface area (Å²) in [5, 5.41) is 0.942. The Kier molecular flexibility index (Phi) is 4.98. The van der Waals surface area contributed by atoms with Crippen molar-refractivity contribution in [2.75, 3.05) is 39.1 Å². The molecule has 1 aromatic heterocycles. The van der Waals surface area contributed by atoms with Gasteiger partial charge in [-0.25, -0.2) is 4.79 Å². The monoisotopic (exact) mass is 309 g/mol. The van der Waals surface area contributed by atoms with Crippen molar-refractivity contribution in [1.29, 1.82) is 0 Å². The molecule has 1 aliphatic heterocycles. The molecule has 0 amide bonds. The smallest absolute Gasteiger partial charge is 0.348 e. The Morgan fingerprint density at radius 3 is 2.81 bits per heavy atom. The molecular formula is C15H23N3O2S. The fourth-order valence-electron chi connectivity index (χ4n) is 3.26. The van der Waals surface area contributed by atoms with Gasteiger partial charge in [-0.2, -0.15) is 4.98 Å². The van der Waals surface area contributed by atoms with Crippen molar-refractivity contribution >= 4 is 11.8 Å². The molecule has 1 aliphatic carbocycles. The number of fused-ring (bicyclic) bond motifs is 1. The molecule has 116 valence electrons. The van der Waals surface area contributed by atoms with E-state index in [2.05, 4.69) is 9.88 Å².